The van der Waals surface area contributed by atoms with Crippen LogP contribution >= 0.6 is 0 Å². The van der Waals surface area contributed by atoms with Gasteiger partial charge in [-0.15, -0.1) is 0 Å². The molecule has 0 radical (unpaired) electrons. The van der Waals surface area contributed by atoms with Gasteiger partial charge in [-0.05, 0) is 62.4 Å². The third kappa shape index (κ3) is 4.91. The number of aryl methyl sites for hydroxylation is 1. The van der Waals surface area contributed by atoms with Gasteiger partial charge >= 0.3 is 12.1 Å². The van der Waals surface area contributed by atoms with Crippen LogP contribution in [0.15, 0.2) is 88.8 Å². The molecule has 0 N–H and O–H groups in total. The molecule has 10 heteroatoms. The molecular weight excluding hydrogens is 521 g/mol. The van der Waals surface area contributed by atoms with Gasteiger partial charge in [0.1, 0.15) is 0 Å². The van der Waals surface area contributed by atoms with Crippen molar-refractivity contribution in [1.82, 2.24) is 14.2 Å². The molecule has 0 aliphatic rings. The van der Waals surface area contributed by atoms with Gasteiger partial charge in [0.25, 0.3) is 5.56 Å². The summed E-state index contributed by atoms with van der Waals surface area (Å²) in [7, 11) is 1.31. The normalized spacial score (nSPS) is 11.8. The molecule has 0 saturated carbocycles. The topological polar surface area (TPSA) is 78.5 Å². The number of hydrogen-bond acceptors (Lipinski definition) is 5. The number of rotatable bonds is 5. The number of fused-ring (bicyclic) bond motifs is 1. The van der Waals surface area contributed by atoms with E-state index >= 15 is 0 Å². The van der Waals surface area contributed by atoms with E-state index in [1.807, 2.05) is 30.5 Å². The highest BCUT2D eigenvalue weighted by Gasteiger charge is 2.31. The first kappa shape index (κ1) is 26.6. The first-order valence-corrected chi connectivity index (χ1v) is 12.2. The van der Waals surface area contributed by atoms with Crippen molar-refractivity contribution in [3.05, 3.63) is 117 Å². The molecule has 0 fully saturated rings. The Bertz CT molecular complexity index is 1850. The van der Waals surface area contributed by atoms with Gasteiger partial charge in [0, 0.05) is 28.2 Å². The van der Waals surface area contributed by atoms with Crippen LogP contribution in [0.2, 0.25) is 0 Å². The first-order valence-electron chi connectivity index (χ1n) is 12.2. The lowest BCUT2D eigenvalue weighted by Crippen LogP contribution is -2.20. The quantitative estimate of drug-likeness (QED) is 0.196. The van der Waals surface area contributed by atoms with Gasteiger partial charge in [-0.1, -0.05) is 30.3 Å². The fraction of sp³-hybridized carbons (Fsp3) is 0.133. The van der Waals surface area contributed by atoms with E-state index in [9.17, 15) is 22.8 Å². The molecule has 40 heavy (non-hydrogen) atoms. The number of aromatic nitrogens is 3. The lowest BCUT2D eigenvalue weighted by molar-refractivity contribution is -0.137. The van der Waals surface area contributed by atoms with Crippen molar-refractivity contribution in [3.63, 3.8) is 0 Å². The number of hydrogen-bond donors (Lipinski definition) is 0. The minimum Gasteiger partial charge on any atom is -0.465 e. The number of alkyl halides is 3. The summed E-state index contributed by atoms with van der Waals surface area (Å²) in [5, 5.41) is 4.69. The molecule has 0 aliphatic carbocycles. The van der Waals surface area contributed by atoms with E-state index in [0.717, 1.165) is 33.9 Å². The molecule has 0 aliphatic heterocycles. The molecule has 0 saturated heterocycles. The van der Waals surface area contributed by atoms with Gasteiger partial charge in [0.05, 0.1) is 35.4 Å². The van der Waals surface area contributed by atoms with Crippen molar-refractivity contribution in [1.29, 1.82) is 0 Å². The number of carbonyl (C=O) groups excluding carboxylic acids is 1. The summed E-state index contributed by atoms with van der Waals surface area (Å²) in [6.45, 7) is 3.74. The van der Waals surface area contributed by atoms with Crippen LogP contribution in [-0.4, -0.2) is 33.5 Å². The summed E-state index contributed by atoms with van der Waals surface area (Å²) in [6.07, 6.45) is -3.10. The Morgan fingerprint density at radius 2 is 1.73 bits per heavy atom. The molecule has 2 aromatic heterocycles. The zero-order valence-electron chi connectivity index (χ0n) is 21.7. The number of carbonyl (C=O) groups is 1. The smallest absolute Gasteiger partial charge is 0.416 e. The summed E-state index contributed by atoms with van der Waals surface area (Å²) < 4.78 is 48.1. The van der Waals surface area contributed by atoms with Gasteiger partial charge in [0.15, 0.2) is 5.82 Å². The summed E-state index contributed by atoms with van der Waals surface area (Å²) in [4.78, 5) is 30.0. The molecule has 0 spiro atoms. The Labute approximate surface area is 226 Å². The van der Waals surface area contributed by atoms with Crippen molar-refractivity contribution in [3.8, 4) is 17.1 Å². The van der Waals surface area contributed by atoms with Crippen molar-refractivity contribution in [2.75, 3.05) is 7.11 Å². The molecule has 0 amide bonds. The Morgan fingerprint density at radius 3 is 2.48 bits per heavy atom. The minimum atomic E-state index is -4.57. The van der Waals surface area contributed by atoms with E-state index in [1.54, 1.807) is 42.5 Å². The van der Waals surface area contributed by atoms with Gasteiger partial charge in [0.2, 0.25) is 0 Å². The number of methoxy groups -OCH3 is 1. The monoisotopic (exact) mass is 544 g/mol. The highest BCUT2D eigenvalue weighted by molar-refractivity contribution is 5.90. The molecule has 0 bridgehead atoms. The van der Waals surface area contributed by atoms with Crippen molar-refractivity contribution in [2.24, 2.45) is 5.10 Å². The molecule has 2 heterocycles. The number of nitrogens with zero attached hydrogens (tertiary/aromatic N) is 4. The van der Waals surface area contributed by atoms with E-state index in [1.165, 1.54) is 25.5 Å². The lowest BCUT2D eigenvalue weighted by Gasteiger charge is -2.12. The van der Waals surface area contributed by atoms with Crippen LogP contribution < -0.4 is 5.56 Å². The van der Waals surface area contributed by atoms with Crippen LogP contribution in [0.4, 0.5) is 13.2 Å². The van der Waals surface area contributed by atoms with E-state index < -0.39 is 23.3 Å². The van der Waals surface area contributed by atoms with Crippen LogP contribution in [0.25, 0.3) is 28.0 Å². The van der Waals surface area contributed by atoms with Crippen molar-refractivity contribution >= 4 is 23.1 Å². The van der Waals surface area contributed by atoms with E-state index in [0.29, 0.717) is 16.6 Å². The second-order valence-electron chi connectivity index (χ2n) is 9.10. The zero-order chi connectivity index (χ0) is 28.6. The molecule has 5 aromatic rings. The van der Waals surface area contributed by atoms with Crippen LogP contribution in [0.3, 0.4) is 0 Å². The number of ether oxygens (including phenoxy) is 1. The van der Waals surface area contributed by atoms with Crippen LogP contribution in [0.1, 0.15) is 32.9 Å². The Kier molecular flexibility index (Phi) is 6.85. The fourth-order valence-corrected chi connectivity index (χ4v) is 4.58. The first-order chi connectivity index (χ1) is 19.1. The largest absolute Gasteiger partial charge is 0.465 e. The Morgan fingerprint density at radius 1 is 0.975 bits per heavy atom. The van der Waals surface area contributed by atoms with Gasteiger partial charge < -0.3 is 9.30 Å². The fourth-order valence-electron chi connectivity index (χ4n) is 4.58. The SMILES string of the molecule is COC(=O)c1cccc(-n2c(C)cc(C=Nn3c(-c4cccc(C(F)(F)F)c4)nc4ccccc4c3=O)c2C)c1. The van der Waals surface area contributed by atoms with Gasteiger partial charge in [-0.2, -0.15) is 22.9 Å². The molecule has 5 rings (SSSR count). The number of halogens is 3. The zero-order valence-corrected chi connectivity index (χ0v) is 21.7. The van der Waals surface area contributed by atoms with Crippen molar-refractivity contribution in [2.45, 2.75) is 20.0 Å². The maximum atomic E-state index is 13.5. The molecule has 0 atom stereocenters. The maximum absolute atomic E-state index is 13.5. The molecule has 3 aromatic carbocycles. The highest BCUT2D eigenvalue weighted by Crippen LogP contribution is 2.32. The summed E-state index contributed by atoms with van der Waals surface area (Å²) in [5.41, 5.74) is 2.45. The minimum absolute atomic E-state index is 0.0226. The van der Waals surface area contributed by atoms with Crippen LogP contribution in [0.5, 0.6) is 0 Å². The number of esters is 1. The summed E-state index contributed by atoms with van der Waals surface area (Å²) in [5.74, 6) is -0.484. The third-order valence-corrected chi connectivity index (χ3v) is 6.51. The molecule has 202 valence electrons. The van der Waals surface area contributed by atoms with E-state index in [-0.39, 0.29) is 16.8 Å². The van der Waals surface area contributed by atoms with Crippen LogP contribution in [-0.2, 0) is 10.9 Å². The number of benzene rings is 3. The van der Waals surface area contributed by atoms with Gasteiger partial charge in [-0.25, -0.2) is 9.78 Å². The van der Waals surface area contributed by atoms with E-state index in [2.05, 4.69) is 10.1 Å². The third-order valence-electron chi connectivity index (χ3n) is 6.51. The highest BCUT2D eigenvalue weighted by atomic mass is 19.4. The molecular formula is C30H23F3N4O3. The van der Waals surface area contributed by atoms with Crippen molar-refractivity contribution < 1.29 is 22.7 Å². The average molecular weight is 545 g/mol. The standard InChI is InChI=1S/C30H23F3N4O3/c1-18-14-22(19(2)36(18)24-11-7-9-21(16-24)29(39)40-3)17-34-37-27(20-8-6-10-23(15-20)30(31,32)33)35-26-13-5-4-12-25(26)28(37)38/h4-17H,1-3H3. The molecule has 7 nitrogen and oxygen atoms in total. The second kappa shape index (κ2) is 10.3. The predicted molar refractivity (Wildman–Crippen MR) is 146 cm³/mol. The second-order valence-corrected chi connectivity index (χ2v) is 9.10. The van der Waals surface area contributed by atoms with Gasteiger partial charge in [-0.3, -0.25) is 4.79 Å². The van der Waals surface area contributed by atoms with Crippen LogP contribution in [0, 0.1) is 13.8 Å². The maximum Gasteiger partial charge on any atom is 0.416 e. The molecule has 0 unspecified atom stereocenters. The average Bonchev–Trinajstić information content (AvgIpc) is 3.24. The van der Waals surface area contributed by atoms with E-state index in [4.69, 9.17) is 4.74 Å². The Balaban J connectivity index is 1.64. The Hall–Kier alpha value is -4.99. The lowest BCUT2D eigenvalue weighted by atomic mass is 10.1. The summed E-state index contributed by atoms with van der Waals surface area (Å²) >= 11 is 0. The predicted octanol–water partition coefficient (Wildman–Crippen LogP) is 6.16. The summed E-state index contributed by atoms with van der Waals surface area (Å²) in [6, 6.07) is 20.0. The number of para-hydroxylation sites is 1.